The topological polar surface area (TPSA) is 46.5 Å². The minimum Gasteiger partial charge on any atom is -0.385 e. The van der Waals surface area contributed by atoms with Crippen molar-refractivity contribution in [2.24, 2.45) is 11.8 Å². The Hall–Kier alpha value is -0.410. The summed E-state index contributed by atoms with van der Waals surface area (Å²) in [6.45, 7) is 7.91. The third kappa shape index (κ3) is 2.16. The summed E-state index contributed by atoms with van der Waals surface area (Å²) in [5, 5.41) is 9.92. The highest BCUT2D eigenvalue weighted by Crippen LogP contribution is 2.44. The monoisotopic (exact) mass is 226 g/mol. The van der Waals surface area contributed by atoms with Crippen LogP contribution in [0, 0.1) is 11.8 Å². The molecule has 1 heterocycles. The molecule has 3 nitrogen and oxygen atoms in total. The van der Waals surface area contributed by atoms with E-state index in [0.29, 0.717) is 6.42 Å². The van der Waals surface area contributed by atoms with Crippen molar-refractivity contribution in [2.75, 3.05) is 0 Å². The van der Waals surface area contributed by atoms with Crippen molar-refractivity contribution in [3.05, 3.63) is 0 Å². The number of ketones is 1. The molecule has 0 amide bonds. The predicted molar refractivity (Wildman–Crippen MR) is 61.1 cm³/mol. The van der Waals surface area contributed by atoms with Crippen LogP contribution in [0.15, 0.2) is 0 Å². The molecule has 1 saturated carbocycles. The lowest BCUT2D eigenvalue weighted by atomic mass is 9.81. The molecule has 0 aromatic heterocycles. The summed E-state index contributed by atoms with van der Waals surface area (Å²) in [5.41, 5.74) is -0.705. The van der Waals surface area contributed by atoms with Gasteiger partial charge in [0.05, 0.1) is 17.1 Å². The molecule has 3 heteroatoms. The van der Waals surface area contributed by atoms with E-state index in [1.807, 2.05) is 27.7 Å². The van der Waals surface area contributed by atoms with Gasteiger partial charge in [-0.15, -0.1) is 0 Å². The quantitative estimate of drug-likeness (QED) is 0.799. The Bertz CT molecular complexity index is 302. The lowest BCUT2D eigenvalue weighted by molar-refractivity contribution is -0.138. The largest absolute Gasteiger partial charge is 0.385 e. The molecule has 2 aliphatic rings. The second-order valence-corrected chi connectivity index (χ2v) is 6.41. The van der Waals surface area contributed by atoms with Gasteiger partial charge in [0, 0.05) is 0 Å². The van der Waals surface area contributed by atoms with Crippen molar-refractivity contribution in [1.82, 2.24) is 0 Å². The number of hydrogen-bond acceptors (Lipinski definition) is 3. The third-order valence-corrected chi connectivity index (χ3v) is 3.78. The molecule has 0 spiro atoms. The van der Waals surface area contributed by atoms with Crippen LogP contribution in [0.1, 0.15) is 47.0 Å². The molecule has 2 unspecified atom stereocenters. The van der Waals surface area contributed by atoms with Gasteiger partial charge in [-0.2, -0.15) is 0 Å². The van der Waals surface area contributed by atoms with Crippen LogP contribution in [0.5, 0.6) is 0 Å². The van der Waals surface area contributed by atoms with Gasteiger partial charge in [0.15, 0.2) is 5.78 Å². The SMILES string of the molecule is CC1(C)CC(C(=O)C(O)C2CC2)C(C)(C)O1. The summed E-state index contributed by atoms with van der Waals surface area (Å²) in [5.74, 6) is 0.0307. The number of rotatable bonds is 3. The summed E-state index contributed by atoms with van der Waals surface area (Å²) >= 11 is 0. The van der Waals surface area contributed by atoms with Crippen molar-refractivity contribution in [1.29, 1.82) is 0 Å². The highest BCUT2D eigenvalue weighted by Gasteiger charge is 2.52. The van der Waals surface area contributed by atoms with Crippen molar-refractivity contribution in [2.45, 2.75) is 64.3 Å². The summed E-state index contributed by atoms with van der Waals surface area (Å²) in [6.07, 6.45) is 1.93. The molecule has 0 aromatic rings. The Morgan fingerprint density at radius 3 is 2.25 bits per heavy atom. The molecule has 0 bridgehead atoms. The van der Waals surface area contributed by atoms with Crippen LogP contribution < -0.4 is 0 Å². The zero-order valence-corrected chi connectivity index (χ0v) is 10.6. The van der Waals surface area contributed by atoms with Gasteiger partial charge in [-0.05, 0) is 52.9 Å². The molecule has 92 valence electrons. The van der Waals surface area contributed by atoms with Crippen LogP contribution in [-0.2, 0) is 9.53 Å². The van der Waals surface area contributed by atoms with E-state index in [-0.39, 0.29) is 23.2 Å². The number of carbonyl (C=O) groups excluding carboxylic acids is 1. The van der Waals surface area contributed by atoms with Crippen LogP contribution >= 0.6 is 0 Å². The third-order valence-electron chi connectivity index (χ3n) is 3.78. The van der Waals surface area contributed by atoms with Gasteiger partial charge in [0.2, 0.25) is 0 Å². The molecule has 1 aliphatic heterocycles. The Morgan fingerprint density at radius 2 is 1.88 bits per heavy atom. The lowest BCUT2D eigenvalue weighted by Gasteiger charge is -2.27. The Morgan fingerprint density at radius 1 is 1.31 bits per heavy atom. The van der Waals surface area contributed by atoms with E-state index in [0.717, 1.165) is 12.8 Å². The van der Waals surface area contributed by atoms with Crippen LogP contribution in [0.4, 0.5) is 0 Å². The van der Waals surface area contributed by atoms with E-state index in [1.54, 1.807) is 0 Å². The van der Waals surface area contributed by atoms with E-state index < -0.39 is 11.7 Å². The summed E-state index contributed by atoms with van der Waals surface area (Å²) in [4.78, 5) is 12.2. The maximum absolute atomic E-state index is 12.2. The summed E-state index contributed by atoms with van der Waals surface area (Å²) < 4.78 is 5.89. The number of carbonyl (C=O) groups is 1. The number of Topliss-reactive ketones (excluding diaryl/α,β-unsaturated/α-hetero) is 1. The smallest absolute Gasteiger partial charge is 0.167 e. The zero-order valence-electron chi connectivity index (χ0n) is 10.6. The maximum Gasteiger partial charge on any atom is 0.167 e. The van der Waals surface area contributed by atoms with E-state index in [2.05, 4.69) is 0 Å². The fourth-order valence-corrected chi connectivity index (χ4v) is 2.86. The van der Waals surface area contributed by atoms with Gasteiger partial charge in [-0.25, -0.2) is 0 Å². The molecule has 16 heavy (non-hydrogen) atoms. The van der Waals surface area contributed by atoms with Crippen LogP contribution in [-0.4, -0.2) is 28.2 Å². The molecule has 0 aromatic carbocycles. The van der Waals surface area contributed by atoms with E-state index in [4.69, 9.17) is 4.74 Å². The zero-order chi connectivity index (χ0) is 12.1. The van der Waals surface area contributed by atoms with Gasteiger partial charge in [0.1, 0.15) is 6.10 Å². The van der Waals surface area contributed by atoms with Gasteiger partial charge in [-0.1, -0.05) is 0 Å². The van der Waals surface area contributed by atoms with Crippen molar-refractivity contribution in [3.8, 4) is 0 Å². The minimum atomic E-state index is -0.762. The molecule has 1 N–H and O–H groups in total. The standard InChI is InChI=1S/C13H22O3/c1-12(2)7-9(13(3,4)16-12)11(15)10(14)8-5-6-8/h8-10,14H,5-7H2,1-4H3. The molecular formula is C13H22O3. The molecule has 1 aliphatic carbocycles. The number of hydrogen-bond donors (Lipinski definition) is 1. The van der Waals surface area contributed by atoms with E-state index in [9.17, 15) is 9.90 Å². The maximum atomic E-state index is 12.2. The number of ether oxygens (including phenoxy) is 1. The fraction of sp³-hybridized carbons (Fsp3) is 0.923. The highest BCUT2D eigenvalue weighted by molar-refractivity contribution is 5.87. The Labute approximate surface area is 97.2 Å². The first-order chi connectivity index (χ1) is 7.23. The molecule has 2 fully saturated rings. The van der Waals surface area contributed by atoms with Gasteiger partial charge >= 0.3 is 0 Å². The molecule has 0 radical (unpaired) electrons. The normalized spacial score (nSPS) is 33.7. The average Bonchev–Trinajstić information content (AvgIpc) is 2.90. The summed E-state index contributed by atoms with van der Waals surface area (Å²) in [7, 11) is 0. The van der Waals surface area contributed by atoms with Crippen LogP contribution in [0.2, 0.25) is 0 Å². The highest BCUT2D eigenvalue weighted by atomic mass is 16.5. The first-order valence-electron chi connectivity index (χ1n) is 6.15. The second kappa shape index (κ2) is 3.54. The van der Waals surface area contributed by atoms with Crippen molar-refractivity contribution < 1.29 is 14.6 Å². The van der Waals surface area contributed by atoms with Crippen molar-refractivity contribution in [3.63, 3.8) is 0 Å². The Balaban J connectivity index is 2.11. The Kier molecular flexibility index (Phi) is 2.67. The van der Waals surface area contributed by atoms with Crippen molar-refractivity contribution >= 4 is 5.78 Å². The summed E-state index contributed by atoms with van der Waals surface area (Å²) in [6, 6.07) is 0. The van der Waals surface area contributed by atoms with Crippen LogP contribution in [0.3, 0.4) is 0 Å². The number of aliphatic hydroxyl groups is 1. The molecular weight excluding hydrogens is 204 g/mol. The second-order valence-electron chi connectivity index (χ2n) is 6.41. The first-order valence-corrected chi connectivity index (χ1v) is 6.15. The van der Waals surface area contributed by atoms with E-state index in [1.165, 1.54) is 0 Å². The first kappa shape index (κ1) is 12.1. The predicted octanol–water partition coefficient (Wildman–Crippen LogP) is 1.92. The van der Waals surface area contributed by atoms with Gasteiger partial charge in [0.25, 0.3) is 0 Å². The number of aliphatic hydroxyl groups excluding tert-OH is 1. The fourth-order valence-electron chi connectivity index (χ4n) is 2.86. The molecule has 2 rings (SSSR count). The molecule has 1 saturated heterocycles. The van der Waals surface area contributed by atoms with Crippen LogP contribution in [0.25, 0.3) is 0 Å². The average molecular weight is 226 g/mol. The van der Waals surface area contributed by atoms with Gasteiger partial charge in [-0.3, -0.25) is 4.79 Å². The minimum absolute atomic E-state index is 0.0157. The molecule has 2 atom stereocenters. The van der Waals surface area contributed by atoms with Gasteiger partial charge < -0.3 is 9.84 Å². The van der Waals surface area contributed by atoms with E-state index >= 15 is 0 Å². The lowest BCUT2D eigenvalue weighted by Crippen LogP contribution is -2.39.